The van der Waals surface area contributed by atoms with E-state index in [9.17, 15) is 10.2 Å². The highest BCUT2D eigenvalue weighted by atomic mass is 16.3. The summed E-state index contributed by atoms with van der Waals surface area (Å²) >= 11 is 0. The lowest BCUT2D eigenvalue weighted by molar-refractivity contribution is -0.0443. The molecule has 0 bridgehead atoms. The van der Waals surface area contributed by atoms with Crippen LogP contribution >= 0.6 is 0 Å². The van der Waals surface area contributed by atoms with Gasteiger partial charge in [0.25, 0.3) is 0 Å². The molecule has 6 heteroatoms. The zero-order chi connectivity index (χ0) is 12.6. The lowest BCUT2D eigenvalue weighted by Crippen LogP contribution is -2.39. The number of rotatable bonds is 5. The molecule has 0 radical (unpaired) electrons. The summed E-state index contributed by atoms with van der Waals surface area (Å²) in [6, 6.07) is -0.0472. The topological polar surface area (TPSA) is 91.4 Å². The molecule has 0 spiro atoms. The van der Waals surface area contributed by atoms with Crippen molar-refractivity contribution in [3.05, 3.63) is 12.4 Å². The van der Waals surface area contributed by atoms with Gasteiger partial charge < -0.3 is 15.3 Å². The summed E-state index contributed by atoms with van der Waals surface area (Å²) in [4.78, 5) is 0. The van der Waals surface area contributed by atoms with Gasteiger partial charge in [0.05, 0.1) is 24.4 Å². The van der Waals surface area contributed by atoms with E-state index in [0.717, 1.165) is 0 Å². The third-order valence-corrected chi connectivity index (χ3v) is 3.92. The monoisotopic (exact) mass is 241 g/mol. The van der Waals surface area contributed by atoms with Crippen LogP contribution in [-0.4, -0.2) is 49.1 Å². The fraction of sp³-hybridized carbons (Fsp3) is 0.818. The zero-order valence-electron chi connectivity index (χ0n) is 10.1. The van der Waals surface area contributed by atoms with Crippen molar-refractivity contribution in [3.8, 4) is 0 Å². The molecule has 1 heterocycles. The smallest absolute Gasteiger partial charge is 0.0693 e. The van der Waals surface area contributed by atoms with Crippen molar-refractivity contribution in [2.75, 3.05) is 6.61 Å². The summed E-state index contributed by atoms with van der Waals surface area (Å²) in [5.41, 5.74) is -0.615. The summed E-state index contributed by atoms with van der Waals surface area (Å²) in [7, 11) is 0. The fourth-order valence-electron chi connectivity index (χ4n) is 2.64. The van der Waals surface area contributed by atoms with Gasteiger partial charge in [0, 0.05) is 24.1 Å². The standard InChI is InChI=1S/C11H19N3O3/c1-7(6-15)10(17)11(8(2)16)5-9(11)14-4-3-12-13-14/h3-4,7-10,15-17H,5-6H2,1-2H3/t7-,8+,9?,10-,11-/m1/s1. The molecular formula is C11H19N3O3. The van der Waals surface area contributed by atoms with E-state index in [1.165, 1.54) is 0 Å². The van der Waals surface area contributed by atoms with Crippen LogP contribution in [0.1, 0.15) is 26.3 Å². The average molecular weight is 241 g/mol. The third kappa shape index (κ3) is 1.86. The first-order valence-electron chi connectivity index (χ1n) is 5.86. The molecule has 1 aromatic rings. The van der Waals surface area contributed by atoms with Crippen molar-refractivity contribution >= 4 is 0 Å². The Morgan fingerprint density at radius 3 is 2.65 bits per heavy atom. The SMILES string of the molecule is C[C@H](CO)[C@@H](O)[C@@]1([C@H](C)O)CC1n1ccnn1. The van der Waals surface area contributed by atoms with Gasteiger partial charge in [-0.15, -0.1) is 5.10 Å². The van der Waals surface area contributed by atoms with Crippen LogP contribution in [0.2, 0.25) is 0 Å². The van der Waals surface area contributed by atoms with E-state index in [-0.39, 0.29) is 18.6 Å². The molecule has 0 aromatic carbocycles. The Hall–Kier alpha value is -0.980. The van der Waals surface area contributed by atoms with Crippen LogP contribution < -0.4 is 0 Å². The van der Waals surface area contributed by atoms with Gasteiger partial charge in [-0.1, -0.05) is 12.1 Å². The number of aliphatic hydroxyl groups excluding tert-OH is 3. The molecule has 1 aromatic heterocycles. The van der Waals surface area contributed by atoms with E-state index in [1.807, 2.05) is 0 Å². The van der Waals surface area contributed by atoms with E-state index in [1.54, 1.807) is 30.9 Å². The van der Waals surface area contributed by atoms with Crippen molar-refractivity contribution in [2.24, 2.45) is 11.3 Å². The van der Waals surface area contributed by atoms with Crippen molar-refractivity contribution < 1.29 is 15.3 Å². The molecule has 1 fully saturated rings. The molecule has 3 N–H and O–H groups in total. The second-order valence-electron chi connectivity index (χ2n) is 5.00. The molecule has 1 unspecified atom stereocenters. The first kappa shape index (κ1) is 12.5. The van der Waals surface area contributed by atoms with Crippen LogP contribution in [0.25, 0.3) is 0 Å². The van der Waals surface area contributed by atoms with E-state index in [4.69, 9.17) is 5.11 Å². The summed E-state index contributed by atoms with van der Waals surface area (Å²) in [6.07, 6.45) is 2.56. The van der Waals surface area contributed by atoms with Crippen molar-refractivity contribution in [1.29, 1.82) is 0 Å². The maximum absolute atomic E-state index is 10.3. The van der Waals surface area contributed by atoms with Crippen LogP contribution in [0.4, 0.5) is 0 Å². The molecule has 1 aliphatic carbocycles. The van der Waals surface area contributed by atoms with E-state index in [2.05, 4.69) is 10.3 Å². The Morgan fingerprint density at radius 1 is 1.47 bits per heavy atom. The average Bonchev–Trinajstić information content (AvgIpc) is 2.85. The predicted molar refractivity (Wildman–Crippen MR) is 60.0 cm³/mol. The molecule has 2 rings (SSSR count). The van der Waals surface area contributed by atoms with Crippen LogP contribution in [0.15, 0.2) is 12.4 Å². The highest BCUT2D eigenvalue weighted by Crippen LogP contribution is 2.61. The maximum Gasteiger partial charge on any atom is 0.0693 e. The number of aliphatic hydroxyl groups is 3. The molecule has 96 valence electrons. The number of hydrogen-bond donors (Lipinski definition) is 3. The summed E-state index contributed by atoms with van der Waals surface area (Å²) in [5.74, 6) is -0.266. The van der Waals surface area contributed by atoms with Crippen LogP contribution in [0, 0.1) is 11.3 Å². The largest absolute Gasteiger partial charge is 0.396 e. The molecule has 17 heavy (non-hydrogen) atoms. The van der Waals surface area contributed by atoms with Crippen molar-refractivity contribution in [3.63, 3.8) is 0 Å². The lowest BCUT2D eigenvalue weighted by atomic mass is 9.85. The lowest BCUT2D eigenvalue weighted by Gasteiger charge is -2.30. The Morgan fingerprint density at radius 2 is 2.18 bits per heavy atom. The predicted octanol–water partition coefficient (Wildman–Crippen LogP) is -0.421. The molecule has 5 atom stereocenters. The molecular weight excluding hydrogens is 222 g/mol. The summed E-state index contributed by atoms with van der Waals surface area (Å²) in [6.45, 7) is 3.34. The highest BCUT2D eigenvalue weighted by molar-refractivity contribution is 5.13. The minimum absolute atomic E-state index is 0.0472. The van der Waals surface area contributed by atoms with Gasteiger partial charge in [-0.05, 0) is 13.3 Å². The molecule has 0 amide bonds. The molecule has 1 saturated carbocycles. The third-order valence-electron chi connectivity index (χ3n) is 3.92. The first-order chi connectivity index (χ1) is 8.04. The normalized spacial score (nSPS) is 33.1. The molecule has 0 saturated heterocycles. The Labute approximate surface area is 99.9 Å². The second kappa shape index (κ2) is 4.36. The number of aromatic nitrogens is 3. The van der Waals surface area contributed by atoms with Crippen LogP contribution in [0.5, 0.6) is 0 Å². The Bertz CT molecular complexity index is 368. The van der Waals surface area contributed by atoms with Gasteiger partial charge >= 0.3 is 0 Å². The second-order valence-corrected chi connectivity index (χ2v) is 5.00. The molecule has 6 nitrogen and oxygen atoms in total. The minimum atomic E-state index is -0.748. The van der Waals surface area contributed by atoms with Crippen molar-refractivity contribution in [1.82, 2.24) is 15.0 Å². The van der Waals surface area contributed by atoms with Gasteiger partial charge in [-0.25, -0.2) is 4.68 Å². The molecule has 1 aliphatic rings. The maximum atomic E-state index is 10.3. The van der Waals surface area contributed by atoms with E-state index in [0.29, 0.717) is 6.42 Å². The zero-order valence-corrected chi connectivity index (χ0v) is 10.1. The van der Waals surface area contributed by atoms with E-state index >= 15 is 0 Å². The van der Waals surface area contributed by atoms with Crippen LogP contribution in [-0.2, 0) is 0 Å². The van der Waals surface area contributed by atoms with Gasteiger partial charge in [0.2, 0.25) is 0 Å². The quantitative estimate of drug-likeness (QED) is 0.651. The van der Waals surface area contributed by atoms with Crippen molar-refractivity contribution in [2.45, 2.75) is 38.5 Å². The first-order valence-corrected chi connectivity index (χ1v) is 5.86. The minimum Gasteiger partial charge on any atom is -0.396 e. The fourth-order valence-corrected chi connectivity index (χ4v) is 2.64. The van der Waals surface area contributed by atoms with E-state index < -0.39 is 17.6 Å². The Kier molecular flexibility index (Phi) is 3.20. The van der Waals surface area contributed by atoms with Gasteiger partial charge in [0.1, 0.15) is 0 Å². The van der Waals surface area contributed by atoms with Gasteiger partial charge in [0.15, 0.2) is 0 Å². The summed E-state index contributed by atoms with van der Waals surface area (Å²) < 4.78 is 1.67. The summed E-state index contributed by atoms with van der Waals surface area (Å²) in [5, 5.41) is 36.9. The van der Waals surface area contributed by atoms with Gasteiger partial charge in [-0.3, -0.25) is 0 Å². The molecule has 0 aliphatic heterocycles. The van der Waals surface area contributed by atoms with Crippen LogP contribution in [0.3, 0.4) is 0 Å². The Balaban J connectivity index is 2.20. The number of hydrogen-bond acceptors (Lipinski definition) is 5. The highest BCUT2D eigenvalue weighted by Gasteiger charge is 2.64. The van der Waals surface area contributed by atoms with Gasteiger partial charge in [-0.2, -0.15) is 0 Å². The number of nitrogens with zero attached hydrogens (tertiary/aromatic N) is 3.